The van der Waals surface area contributed by atoms with E-state index in [9.17, 15) is 0 Å². The molecule has 2 heterocycles. The van der Waals surface area contributed by atoms with E-state index in [4.69, 9.17) is 0 Å². The molecular weight excluding hydrogens is 200 g/mol. The lowest BCUT2D eigenvalue weighted by Crippen LogP contribution is -2.17. The lowest BCUT2D eigenvalue weighted by molar-refractivity contribution is 0.563. The van der Waals surface area contributed by atoms with Gasteiger partial charge in [-0.25, -0.2) is 9.97 Å². The molecule has 1 aliphatic rings. The van der Waals surface area contributed by atoms with Gasteiger partial charge in [0, 0.05) is 12.2 Å². The van der Waals surface area contributed by atoms with Crippen LogP contribution in [-0.4, -0.2) is 21.6 Å². The van der Waals surface area contributed by atoms with E-state index in [-0.39, 0.29) is 6.04 Å². The molecule has 0 aliphatic heterocycles. The highest BCUT2D eigenvalue weighted by atomic mass is 15.2. The number of nitrogens with one attached hydrogen (secondary N) is 1. The zero-order valence-corrected chi connectivity index (χ0v) is 9.64. The lowest BCUT2D eigenvalue weighted by atomic mass is 10.3. The van der Waals surface area contributed by atoms with Crippen LogP contribution in [0.5, 0.6) is 0 Å². The van der Waals surface area contributed by atoms with Crippen molar-refractivity contribution in [2.45, 2.75) is 31.8 Å². The summed E-state index contributed by atoms with van der Waals surface area (Å²) < 4.78 is 2.30. The molecule has 4 heteroatoms. The number of pyridine rings is 1. The first-order valence-corrected chi connectivity index (χ1v) is 5.81. The van der Waals surface area contributed by atoms with Crippen LogP contribution < -0.4 is 5.32 Å². The fraction of sp³-hybridized carbons (Fsp3) is 0.500. The average molecular weight is 216 g/mol. The minimum absolute atomic E-state index is 0.273. The van der Waals surface area contributed by atoms with Gasteiger partial charge in [-0.3, -0.25) is 0 Å². The Labute approximate surface area is 94.7 Å². The Morgan fingerprint density at radius 1 is 1.50 bits per heavy atom. The van der Waals surface area contributed by atoms with Crippen LogP contribution in [0.25, 0.3) is 11.2 Å². The zero-order chi connectivity index (χ0) is 11.1. The summed E-state index contributed by atoms with van der Waals surface area (Å²) in [6.45, 7) is 2.14. The Bertz CT molecular complexity index is 513. The van der Waals surface area contributed by atoms with Crippen molar-refractivity contribution in [2.75, 3.05) is 7.05 Å². The van der Waals surface area contributed by atoms with Crippen molar-refractivity contribution < 1.29 is 0 Å². The smallest absolute Gasteiger partial charge is 0.160 e. The number of imidazole rings is 1. The first kappa shape index (κ1) is 9.78. The number of hydrogen-bond acceptors (Lipinski definition) is 3. The second-order valence-corrected chi connectivity index (χ2v) is 4.43. The molecule has 1 aliphatic carbocycles. The Morgan fingerprint density at radius 3 is 3.00 bits per heavy atom. The Kier molecular flexibility index (Phi) is 2.17. The number of aromatic nitrogens is 3. The molecule has 0 saturated heterocycles. The third-order valence-corrected chi connectivity index (χ3v) is 3.21. The highest BCUT2D eigenvalue weighted by Gasteiger charge is 2.29. The minimum atomic E-state index is 0.273. The van der Waals surface area contributed by atoms with Crippen molar-refractivity contribution in [3.63, 3.8) is 0 Å². The molecule has 4 nitrogen and oxygen atoms in total. The summed E-state index contributed by atoms with van der Waals surface area (Å²) in [4.78, 5) is 9.14. The van der Waals surface area contributed by atoms with Crippen molar-refractivity contribution in [2.24, 2.45) is 0 Å². The largest absolute Gasteiger partial charge is 0.311 e. The predicted molar refractivity (Wildman–Crippen MR) is 63.3 cm³/mol. The van der Waals surface area contributed by atoms with Gasteiger partial charge in [0.15, 0.2) is 5.65 Å². The Balaban J connectivity index is 2.22. The SMILES string of the molecule is CNC(C)c1nc2cccnc2n1C1CC1. The number of nitrogens with zero attached hydrogens (tertiary/aromatic N) is 3. The molecule has 16 heavy (non-hydrogen) atoms. The van der Waals surface area contributed by atoms with Gasteiger partial charge in [-0.2, -0.15) is 0 Å². The predicted octanol–water partition coefficient (Wildman–Crippen LogP) is 2.05. The first-order valence-electron chi connectivity index (χ1n) is 5.81. The molecule has 0 radical (unpaired) electrons. The van der Waals surface area contributed by atoms with Crippen LogP contribution in [0, 0.1) is 0 Å². The zero-order valence-electron chi connectivity index (χ0n) is 9.64. The second-order valence-electron chi connectivity index (χ2n) is 4.43. The lowest BCUT2D eigenvalue weighted by Gasteiger charge is -2.12. The summed E-state index contributed by atoms with van der Waals surface area (Å²) in [6, 6.07) is 4.87. The van der Waals surface area contributed by atoms with Crippen LogP contribution in [0.1, 0.15) is 37.7 Å². The summed E-state index contributed by atoms with van der Waals surface area (Å²) in [5.74, 6) is 1.11. The molecule has 2 aromatic heterocycles. The van der Waals surface area contributed by atoms with Gasteiger partial charge in [0.05, 0.1) is 6.04 Å². The minimum Gasteiger partial charge on any atom is -0.311 e. The normalized spacial score (nSPS) is 17.9. The maximum atomic E-state index is 4.68. The number of fused-ring (bicyclic) bond motifs is 1. The molecule has 84 valence electrons. The fourth-order valence-corrected chi connectivity index (χ4v) is 2.07. The number of hydrogen-bond donors (Lipinski definition) is 1. The van der Waals surface area contributed by atoms with Gasteiger partial charge >= 0.3 is 0 Å². The van der Waals surface area contributed by atoms with E-state index < -0.39 is 0 Å². The van der Waals surface area contributed by atoms with Crippen molar-refractivity contribution >= 4 is 11.2 Å². The standard InChI is InChI=1S/C12H16N4/c1-8(13-2)11-15-10-4-3-7-14-12(10)16(11)9-5-6-9/h3-4,7-9,13H,5-6H2,1-2H3. The van der Waals surface area contributed by atoms with E-state index in [2.05, 4.69) is 26.8 Å². The van der Waals surface area contributed by atoms with Crippen molar-refractivity contribution in [3.05, 3.63) is 24.2 Å². The van der Waals surface area contributed by atoms with Gasteiger partial charge in [0.25, 0.3) is 0 Å². The molecular formula is C12H16N4. The van der Waals surface area contributed by atoms with Gasteiger partial charge in [0.2, 0.25) is 0 Å². The third-order valence-electron chi connectivity index (χ3n) is 3.21. The molecule has 1 unspecified atom stereocenters. The molecule has 1 fully saturated rings. The van der Waals surface area contributed by atoms with Crippen LogP contribution in [0.4, 0.5) is 0 Å². The fourth-order valence-electron chi connectivity index (χ4n) is 2.07. The second kappa shape index (κ2) is 3.56. The van der Waals surface area contributed by atoms with Crippen LogP contribution in [-0.2, 0) is 0 Å². The highest BCUT2D eigenvalue weighted by Crippen LogP contribution is 2.39. The van der Waals surface area contributed by atoms with Crippen molar-refractivity contribution in [1.82, 2.24) is 19.9 Å². The van der Waals surface area contributed by atoms with Crippen LogP contribution in [0.3, 0.4) is 0 Å². The topological polar surface area (TPSA) is 42.7 Å². The summed E-state index contributed by atoms with van der Waals surface area (Å²) in [7, 11) is 1.97. The summed E-state index contributed by atoms with van der Waals surface area (Å²) in [5, 5.41) is 3.25. The molecule has 2 aromatic rings. The Morgan fingerprint density at radius 2 is 2.31 bits per heavy atom. The van der Waals surface area contributed by atoms with E-state index in [1.807, 2.05) is 25.4 Å². The van der Waals surface area contributed by atoms with Gasteiger partial charge < -0.3 is 9.88 Å². The van der Waals surface area contributed by atoms with Gasteiger partial charge in [0.1, 0.15) is 11.3 Å². The molecule has 0 amide bonds. The quantitative estimate of drug-likeness (QED) is 0.853. The maximum Gasteiger partial charge on any atom is 0.160 e. The molecule has 0 bridgehead atoms. The molecule has 0 spiro atoms. The maximum absolute atomic E-state index is 4.68. The molecule has 1 N–H and O–H groups in total. The van der Waals surface area contributed by atoms with Crippen molar-refractivity contribution in [1.29, 1.82) is 0 Å². The molecule has 3 rings (SSSR count). The molecule has 0 aromatic carbocycles. The monoisotopic (exact) mass is 216 g/mol. The van der Waals surface area contributed by atoms with Crippen LogP contribution >= 0.6 is 0 Å². The van der Waals surface area contributed by atoms with Crippen molar-refractivity contribution in [3.8, 4) is 0 Å². The van der Waals surface area contributed by atoms with E-state index in [1.54, 1.807) is 0 Å². The summed E-state index contributed by atoms with van der Waals surface area (Å²) >= 11 is 0. The Hall–Kier alpha value is -1.42. The third kappa shape index (κ3) is 1.41. The van der Waals surface area contributed by atoms with E-state index >= 15 is 0 Å². The molecule has 1 atom stereocenters. The van der Waals surface area contributed by atoms with Crippen LogP contribution in [0.2, 0.25) is 0 Å². The van der Waals surface area contributed by atoms with Gasteiger partial charge in [-0.15, -0.1) is 0 Å². The van der Waals surface area contributed by atoms with E-state index in [0.29, 0.717) is 6.04 Å². The van der Waals surface area contributed by atoms with Gasteiger partial charge in [-0.05, 0) is 38.9 Å². The highest BCUT2D eigenvalue weighted by molar-refractivity contribution is 5.71. The summed E-state index contributed by atoms with van der Waals surface area (Å²) in [6.07, 6.45) is 4.35. The van der Waals surface area contributed by atoms with E-state index in [0.717, 1.165) is 17.0 Å². The van der Waals surface area contributed by atoms with Gasteiger partial charge in [-0.1, -0.05) is 0 Å². The molecule has 1 saturated carbocycles. The number of rotatable bonds is 3. The van der Waals surface area contributed by atoms with Crippen LogP contribution in [0.15, 0.2) is 18.3 Å². The average Bonchev–Trinajstić information content (AvgIpc) is 3.08. The first-order chi connectivity index (χ1) is 7.81. The summed E-state index contributed by atoms with van der Waals surface area (Å²) in [5.41, 5.74) is 2.04. The van der Waals surface area contributed by atoms with E-state index in [1.165, 1.54) is 12.8 Å².